The third-order valence-electron chi connectivity index (χ3n) is 2.14. The highest BCUT2D eigenvalue weighted by atomic mass is 35.5. The molecule has 0 aliphatic carbocycles. The van der Waals surface area contributed by atoms with E-state index in [1.807, 2.05) is 0 Å². The lowest BCUT2D eigenvalue weighted by Crippen LogP contribution is -2.21. The van der Waals surface area contributed by atoms with E-state index in [4.69, 9.17) is 11.6 Å². The molecule has 1 aromatic carbocycles. The molecule has 0 amide bonds. The van der Waals surface area contributed by atoms with E-state index in [1.165, 1.54) is 29.1 Å². The van der Waals surface area contributed by atoms with Gasteiger partial charge < -0.3 is 4.57 Å². The van der Waals surface area contributed by atoms with E-state index in [9.17, 15) is 9.18 Å². The Morgan fingerprint density at radius 3 is 2.69 bits per heavy atom. The van der Waals surface area contributed by atoms with Crippen LogP contribution in [0.3, 0.4) is 0 Å². The Kier molecular flexibility index (Phi) is 3.01. The van der Waals surface area contributed by atoms with Gasteiger partial charge in [0.25, 0.3) is 5.56 Å². The Balaban J connectivity index is 2.31. The molecular formula is C11H8ClFN2O. The Morgan fingerprint density at radius 1 is 1.31 bits per heavy atom. The van der Waals surface area contributed by atoms with Gasteiger partial charge in [-0.05, 0) is 17.7 Å². The number of hydrogen-bond acceptors (Lipinski definition) is 2. The van der Waals surface area contributed by atoms with Crippen molar-refractivity contribution < 1.29 is 4.39 Å². The minimum atomic E-state index is -0.353. The Hall–Kier alpha value is -1.68. The van der Waals surface area contributed by atoms with Gasteiger partial charge in [-0.15, -0.1) is 0 Å². The zero-order valence-corrected chi connectivity index (χ0v) is 8.99. The predicted octanol–water partition coefficient (Wildman–Crippen LogP) is 2.08. The average molecular weight is 239 g/mol. The van der Waals surface area contributed by atoms with E-state index in [0.29, 0.717) is 6.54 Å². The number of nitrogens with zero attached hydrogens (tertiary/aromatic N) is 2. The Morgan fingerprint density at radius 2 is 2.00 bits per heavy atom. The van der Waals surface area contributed by atoms with Crippen LogP contribution in [0.15, 0.2) is 41.5 Å². The largest absolute Gasteiger partial charge is 0.307 e. The summed E-state index contributed by atoms with van der Waals surface area (Å²) in [6.07, 6.45) is 2.99. The molecule has 0 fully saturated rings. The quantitative estimate of drug-likeness (QED) is 0.803. The van der Waals surface area contributed by atoms with Crippen LogP contribution < -0.4 is 5.56 Å². The second-order valence-corrected chi connectivity index (χ2v) is 3.64. The topological polar surface area (TPSA) is 34.9 Å². The monoisotopic (exact) mass is 238 g/mol. The van der Waals surface area contributed by atoms with Crippen LogP contribution >= 0.6 is 11.6 Å². The van der Waals surface area contributed by atoms with Crippen LogP contribution in [0.1, 0.15) is 5.56 Å². The second kappa shape index (κ2) is 4.45. The van der Waals surface area contributed by atoms with Gasteiger partial charge in [-0.25, -0.2) is 9.37 Å². The van der Waals surface area contributed by atoms with Crippen molar-refractivity contribution in [1.82, 2.24) is 9.55 Å². The van der Waals surface area contributed by atoms with Crippen LogP contribution in [0.25, 0.3) is 0 Å². The molecule has 1 heterocycles. The molecule has 0 aliphatic rings. The zero-order chi connectivity index (χ0) is 11.5. The molecule has 0 atom stereocenters. The van der Waals surface area contributed by atoms with E-state index in [2.05, 4.69) is 4.98 Å². The van der Waals surface area contributed by atoms with Crippen molar-refractivity contribution >= 4 is 11.6 Å². The summed E-state index contributed by atoms with van der Waals surface area (Å²) in [5, 5.41) is -0.0652. The van der Waals surface area contributed by atoms with Crippen LogP contribution in [0.5, 0.6) is 0 Å². The molecule has 1 aromatic heterocycles. The number of rotatable bonds is 2. The van der Waals surface area contributed by atoms with Gasteiger partial charge in [0.1, 0.15) is 5.82 Å². The summed E-state index contributed by atoms with van der Waals surface area (Å²) in [6.45, 7) is 0.349. The molecule has 0 N–H and O–H groups in total. The molecule has 5 heteroatoms. The first-order valence-corrected chi connectivity index (χ1v) is 5.00. The van der Waals surface area contributed by atoms with Crippen molar-refractivity contribution in [1.29, 1.82) is 0 Å². The number of halogens is 2. The maximum atomic E-state index is 12.7. The first-order chi connectivity index (χ1) is 7.66. The number of benzene rings is 1. The van der Waals surface area contributed by atoms with Crippen LogP contribution in [0.2, 0.25) is 5.15 Å². The summed E-state index contributed by atoms with van der Waals surface area (Å²) in [5.41, 5.74) is 0.472. The molecule has 0 spiro atoms. The number of hydrogen-bond donors (Lipinski definition) is 0. The fourth-order valence-corrected chi connectivity index (χ4v) is 1.50. The van der Waals surface area contributed by atoms with E-state index < -0.39 is 0 Å². The SMILES string of the molecule is O=c1c(Cl)nccn1Cc1ccc(F)cc1. The molecular weight excluding hydrogens is 231 g/mol. The molecule has 0 saturated heterocycles. The maximum Gasteiger partial charge on any atom is 0.288 e. The van der Waals surface area contributed by atoms with Gasteiger partial charge in [0.2, 0.25) is 0 Å². The average Bonchev–Trinajstić information content (AvgIpc) is 2.28. The molecule has 82 valence electrons. The predicted molar refractivity (Wildman–Crippen MR) is 59.0 cm³/mol. The second-order valence-electron chi connectivity index (χ2n) is 3.28. The molecule has 2 aromatic rings. The fraction of sp³-hybridized carbons (Fsp3) is 0.0909. The van der Waals surface area contributed by atoms with Gasteiger partial charge in [0, 0.05) is 12.4 Å². The van der Waals surface area contributed by atoms with Gasteiger partial charge in [0.05, 0.1) is 6.54 Å². The smallest absolute Gasteiger partial charge is 0.288 e. The maximum absolute atomic E-state index is 12.7. The van der Waals surface area contributed by atoms with Crippen LogP contribution in [-0.4, -0.2) is 9.55 Å². The van der Waals surface area contributed by atoms with E-state index in [-0.39, 0.29) is 16.5 Å². The first kappa shape index (κ1) is 10.8. The lowest BCUT2D eigenvalue weighted by molar-refractivity contribution is 0.626. The summed E-state index contributed by atoms with van der Waals surface area (Å²) in [4.78, 5) is 15.2. The van der Waals surface area contributed by atoms with Crippen LogP contribution in [0.4, 0.5) is 4.39 Å². The van der Waals surface area contributed by atoms with E-state index in [0.717, 1.165) is 5.56 Å². The summed E-state index contributed by atoms with van der Waals surface area (Å²) in [6, 6.07) is 5.94. The molecule has 0 bridgehead atoms. The lowest BCUT2D eigenvalue weighted by Gasteiger charge is -2.05. The van der Waals surface area contributed by atoms with Gasteiger partial charge in [0.15, 0.2) is 5.15 Å². The molecule has 0 aliphatic heterocycles. The zero-order valence-electron chi connectivity index (χ0n) is 8.23. The van der Waals surface area contributed by atoms with Gasteiger partial charge in [-0.1, -0.05) is 23.7 Å². The minimum Gasteiger partial charge on any atom is -0.307 e. The highest BCUT2D eigenvalue weighted by molar-refractivity contribution is 6.29. The third-order valence-corrected chi connectivity index (χ3v) is 2.40. The Bertz CT molecular complexity index is 551. The van der Waals surface area contributed by atoms with Gasteiger partial charge in [-0.2, -0.15) is 0 Å². The Labute approximate surface area is 96.1 Å². The molecule has 2 rings (SSSR count). The summed E-state index contributed by atoms with van der Waals surface area (Å²) in [5.74, 6) is -0.302. The minimum absolute atomic E-state index is 0.0652. The van der Waals surface area contributed by atoms with Crippen molar-refractivity contribution in [2.75, 3.05) is 0 Å². The normalized spacial score (nSPS) is 10.4. The highest BCUT2D eigenvalue weighted by Crippen LogP contribution is 2.04. The van der Waals surface area contributed by atoms with Crippen molar-refractivity contribution in [3.05, 3.63) is 63.5 Å². The van der Waals surface area contributed by atoms with Crippen LogP contribution in [0, 0.1) is 5.82 Å². The molecule has 3 nitrogen and oxygen atoms in total. The third kappa shape index (κ3) is 2.28. The van der Waals surface area contributed by atoms with Crippen molar-refractivity contribution in [2.24, 2.45) is 0 Å². The number of aromatic nitrogens is 2. The van der Waals surface area contributed by atoms with Gasteiger partial charge >= 0.3 is 0 Å². The van der Waals surface area contributed by atoms with Gasteiger partial charge in [-0.3, -0.25) is 4.79 Å². The molecule has 0 saturated carbocycles. The summed E-state index contributed by atoms with van der Waals surface area (Å²) < 4.78 is 14.1. The summed E-state index contributed by atoms with van der Waals surface area (Å²) in [7, 11) is 0. The standard InChI is InChI=1S/C11H8ClFN2O/c12-10-11(16)15(6-5-14-10)7-8-1-3-9(13)4-2-8/h1-6H,7H2. The molecule has 16 heavy (non-hydrogen) atoms. The van der Waals surface area contributed by atoms with Crippen molar-refractivity contribution in [3.63, 3.8) is 0 Å². The van der Waals surface area contributed by atoms with Crippen molar-refractivity contribution in [3.8, 4) is 0 Å². The van der Waals surface area contributed by atoms with Crippen LogP contribution in [-0.2, 0) is 6.54 Å². The molecule has 0 radical (unpaired) electrons. The molecule has 0 unspecified atom stereocenters. The highest BCUT2D eigenvalue weighted by Gasteiger charge is 2.02. The lowest BCUT2D eigenvalue weighted by atomic mass is 10.2. The first-order valence-electron chi connectivity index (χ1n) is 4.62. The fourth-order valence-electron chi connectivity index (χ4n) is 1.33. The van der Waals surface area contributed by atoms with E-state index in [1.54, 1.807) is 12.1 Å². The van der Waals surface area contributed by atoms with E-state index >= 15 is 0 Å². The summed E-state index contributed by atoms with van der Waals surface area (Å²) >= 11 is 5.60. The van der Waals surface area contributed by atoms with Crippen molar-refractivity contribution in [2.45, 2.75) is 6.54 Å².